The van der Waals surface area contributed by atoms with Crippen molar-refractivity contribution in [1.82, 2.24) is 10.2 Å². The number of benzene rings is 1. The summed E-state index contributed by atoms with van der Waals surface area (Å²) in [7, 11) is 0. The molecule has 1 N–H and O–H groups in total. The van der Waals surface area contributed by atoms with Crippen molar-refractivity contribution < 1.29 is 9.18 Å². The summed E-state index contributed by atoms with van der Waals surface area (Å²) in [5, 5.41) is 3.37. The van der Waals surface area contributed by atoms with Crippen LogP contribution in [0.15, 0.2) is 18.2 Å². The van der Waals surface area contributed by atoms with Gasteiger partial charge in [0.05, 0.1) is 0 Å². The number of hydrogen-bond donors (Lipinski definition) is 1. The Morgan fingerprint density at radius 1 is 1.27 bits per heavy atom. The zero-order valence-corrected chi connectivity index (χ0v) is 17.3. The van der Waals surface area contributed by atoms with Crippen LogP contribution in [-0.4, -0.2) is 42.7 Å². The van der Waals surface area contributed by atoms with E-state index in [4.69, 9.17) is 11.6 Å². The maximum atomic E-state index is 15.0. The van der Waals surface area contributed by atoms with Gasteiger partial charge in [-0.2, -0.15) is 0 Å². The molecule has 0 saturated carbocycles. The Labute approximate surface area is 162 Å². The fourth-order valence-corrected chi connectivity index (χ4v) is 3.58. The van der Waals surface area contributed by atoms with Crippen molar-refractivity contribution in [3.8, 4) is 0 Å². The molecule has 0 aromatic heterocycles. The summed E-state index contributed by atoms with van der Waals surface area (Å²) in [5.41, 5.74) is 0.607. The highest BCUT2D eigenvalue weighted by Crippen LogP contribution is 2.30. The van der Waals surface area contributed by atoms with Crippen molar-refractivity contribution in [2.75, 3.05) is 26.2 Å². The van der Waals surface area contributed by atoms with E-state index < -0.39 is 5.67 Å². The Hall–Kier alpha value is -1.13. The van der Waals surface area contributed by atoms with Gasteiger partial charge in [0.2, 0.25) is 0 Å². The van der Waals surface area contributed by atoms with Crippen molar-refractivity contribution in [3.63, 3.8) is 0 Å². The summed E-state index contributed by atoms with van der Waals surface area (Å²) in [6, 6.07) is 5.24. The normalized spacial score (nSPS) is 17.9. The number of rotatable bonds is 6. The monoisotopic (exact) mass is 382 g/mol. The van der Waals surface area contributed by atoms with Crippen LogP contribution >= 0.6 is 11.6 Å². The molecule has 1 amide bonds. The Morgan fingerprint density at radius 3 is 2.50 bits per heavy atom. The van der Waals surface area contributed by atoms with Crippen LogP contribution in [0.2, 0.25) is 5.02 Å². The Morgan fingerprint density at radius 2 is 1.92 bits per heavy atom. The molecule has 146 valence electrons. The number of likely N-dealkylation sites (tertiary alicyclic amines) is 1. The fourth-order valence-electron chi connectivity index (χ4n) is 3.29. The third-order valence-electron chi connectivity index (χ3n) is 5.09. The average molecular weight is 383 g/mol. The molecule has 1 aromatic rings. The summed E-state index contributed by atoms with van der Waals surface area (Å²) < 4.78 is 15.0. The molecule has 0 atom stereocenters. The first kappa shape index (κ1) is 21.2. The molecule has 3 nitrogen and oxygen atoms in total. The lowest BCUT2D eigenvalue weighted by atomic mass is 9.88. The molecule has 0 radical (unpaired) electrons. The molecule has 1 fully saturated rings. The van der Waals surface area contributed by atoms with Gasteiger partial charge < -0.3 is 10.2 Å². The van der Waals surface area contributed by atoms with Crippen LogP contribution in [0.25, 0.3) is 0 Å². The first-order valence-corrected chi connectivity index (χ1v) is 9.91. The number of carbonyl (C=O) groups is 1. The van der Waals surface area contributed by atoms with Gasteiger partial charge in [0, 0.05) is 30.2 Å². The van der Waals surface area contributed by atoms with E-state index in [9.17, 15) is 4.79 Å². The highest BCUT2D eigenvalue weighted by atomic mass is 35.5. The maximum absolute atomic E-state index is 15.0. The predicted octanol–water partition coefficient (Wildman–Crippen LogP) is 5.01. The minimum absolute atomic E-state index is 0.193. The molecule has 0 spiro atoms. The van der Waals surface area contributed by atoms with Gasteiger partial charge in [-0.3, -0.25) is 4.79 Å². The zero-order valence-electron chi connectivity index (χ0n) is 16.5. The molecule has 1 aromatic carbocycles. The molecule has 0 bridgehead atoms. The van der Waals surface area contributed by atoms with E-state index in [1.54, 1.807) is 12.1 Å². The lowest BCUT2D eigenvalue weighted by molar-refractivity contribution is 0.0467. The van der Waals surface area contributed by atoms with Crippen molar-refractivity contribution in [3.05, 3.63) is 34.3 Å². The van der Waals surface area contributed by atoms with Crippen molar-refractivity contribution in [2.24, 2.45) is 5.41 Å². The third kappa shape index (κ3) is 6.88. The minimum Gasteiger partial charge on any atom is -0.352 e. The number of piperidine rings is 1. The first-order chi connectivity index (χ1) is 12.1. The van der Waals surface area contributed by atoms with Crippen LogP contribution in [0.5, 0.6) is 0 Å². The van der Waals surface area contributed by atoms with Gasteiger partial charge >= 0.3 is 0 Å². The molecule has 1 saturated heterocycles. The second kappa shape index (κ2) is 8.71. The van der Waals surface area contributed by atoms with Crippen molar-refractivity contribution >= 4 is 17.5 Å². The summed E-state index contributed by atoms with van der Waals surface area (Å²) in [6.07, 6.45) is 2.58. The van der Waals surface area contributed by atoms with Crippen molar-refractivity contribution in [1.29, 1.82) is 0 Å². The number of nitrogens with zero attached hydrogens (tertiary/aromatic N) is 1. The van der Waals surface area contributed by atoms with E-state index in [1.165, 1.54) is 0 Å². The molecule has 1 heterocycles. The fraction of sp³-hybridized carbons (Fsp3) is 0.667. The van der Waals surface area contributed by atoms with E-state index in [0.29, 0.717) is 41.8 Å². The van der Waals surface area contributed by atoms with Gasteiger partial charge in [0.15, 0.2) is 0 Å². The summed E-state index contributed by atoms with van der Waals surface area (Å²) in [5.74, 6) is -0.193. The lowest BCUT2D eigenvalue weighted by Gasteiger charge is -2.37. The Bertz CT molecular complexity index is 599. The number of nitrogens with one attached hydrogen (secondary N) is 1. The number of alkyl halides is 1. The Kier molecular flexibility index (Phi) is 7.09. The third-order valence-corrected chi connectivity index (χ3v) is 5.31. The van der Waals surface area contributed by atoms with E-state index in [0.717, 1.165) is 31.6 Å². The predicted molar refractivity (Wildman–Crippen MR) is 107 cm³/mol. The van der Waals surface area contributed by atoms with Crippen LogP contribution < -0.4 is 5.32 Å². The van der Waals surface area contributed by atoms with Crippen LogP contribution in [-0.2, 0) is 0 Å². The first-order valence-electron chi connectivity index (χ1n) is 9.53. The molecular weight excluding hydrogens is 351 g/mol. The standard InChI is InChI=1S/C21H32ClFN2O/c1-16-13-17(15-18(22)14-16)19(26)24-9-5-21(23)7-11-25(12-8-21)10-6-20(2,3)4/h13-15H,5-12H2,1-4H3,(H,24,26). The van der Waals surface area contributed by atoms with Crippen molar-refractivity contribution in [2.45, 2.75) is 59.0 Å². The molecule has 1 aliphatic rings. The lowest BCUT2D eigenvalue weighted by Crippen LogP contribution is -2.44. The van der Waals surface area contributed by atoms with Gasteiger partial charge in [-0.1, -0.05) is 32.4 Å². The van der Waals surface area contributed by atoms with E-state index >= 15 is 4.39 Å². The second-order valence-corrected chi connectivity index (χ2v) is 9.26. The smallest absolute Gasteiger partial charge is 0.251 e. The van der Waals surface area contributed by atoms with Gasteiger partial charge in [0.25, 0.3) is 5.91 Å². The number of hydrogen-bond acceptors (Lipinski definition) is 2. The summed E-state index contributed by atoms with van der Waals surface area (Å²) >= 11 is 5.99. The van der Waals surface area contributed by atoms with Gasteiger partial charge in [-0.05, 0) is 68.3 Å². The van der Waals surface area contributed by atoms with Crippen LogP contribution in [0.1, 0.15) is 62.4 Å². The average Bonchev–Trinajstić information content (AvgIpc) is 2.52. The SMILES string of the molecule is Cc1cc(Cl)cc(C(=O)NCCC2(F)CCN(CCC(C)(C)C)CC2)c1. The highest BCUT2D eigenvalue weighted by molar-refractivity contribution is 6.31. The van der Waals surface area contributed by atoms with Gasteiger partial charge in [-0.25, -0.2) is 4.39 Å². The number of aryl methyl sites for hydroxylation is 1. The zero-order chi connectivity index (χ0) is 19.4. The highest BCUT2D eigenvalue weighted by Gasteiger charge is 2.34. The van der Waals surface area contributed by atoms with E-state index in [1.807, 2.05) is 13.0 Å². The molecule has 26 heavy (non-hydrogen) atoms. The number of carbonyl (C=O) groups excluding carboxylic acids is 1. The maximum Gasteiger partial charge on any atom is 0.251 e. The molecule has 5 heteroatoms. The molecule has 2 rings (SSSR count). The molecule has 1 aliphatic heterocycles. The van der Waals surface area contributed by atoms with Crippen LogP contribution in [0.3, 0.4) is 0 Å². The van der Waals surface area contributed by atoms with E-state index in [-0.39, 0.29) is 5.91 Å². The van der Waals surface area contributed by atoms with Crippen LogP contribution in [0.4, 0.5) is 4.39 Å². The quantitative estimate of drug-likeness (QED) is 0.750. The molecular formula is C21H32ClFN2O. The minimum atomic E-state index is -1.17. The number of amides is 1. The Balaban J connectivity index is 1.75. The summed E-state index contributed by atoms with van der Waals surface area (Å²) in [4.78, 5) is 14.6. The summed E-state index contributed by atoms with van der Waals surface area (Å²) in [6.45, 7) is 11.6. The van der Waals surface area contributed by atoms with E-state index in [2.05, 4.69) is 31.0 Å². The largest absolute Gasteiger partial charge is 0.352 e. The second-order valence-electron chi connectivity index (χ2n) is 8.83. The van der Waals surface area contributed by atoms with Crippen LogP contribution in [0, 0.1) is 12.3 Å². The number of halogens is 2. The topological polar surface area (TPSA) is 32.3 Å². The molecule has 0 unspecified atom stereocenters. The molecule has 0 aliphatic carbocycles. The van der Waals surface area contributed by atoms with Gasteiger partial charge in [0.1, 0.15) is 5.67 Å². The van der Waals surface area contributed by atoms with Gasteiger partial charge in [-0.15, -0.1) is 0 Å².